The van der Waals surface area contributed by atoms with E-state index in [0.717, 1.165) is 30.3 Å². The smallest absolute Gasteiger partial charge is 0.408 e. The first-order valence-corrected chi connectivity index (χ1v) is 11.8. The third-order valence-corrected chi connectivity index (χ3v) is 7.86. The number of fused-ring (bicyclic) bond motifs is 1. The minimum atomic E-state index is -0.458. The van der Waals surface area contributed by atoms with Crippen molar-refractivity contribution in [2.24, 2.45) is 0 Å². The SMILES string of the molecule is CC(C)(C)OC(=O)NC1CCCc2cc(CCC3SCCCS3)ccc21. The molecule has 1 heterocycles. The van der Waals surface area contributed by atoms with Gasteiger partial charge in [-0.1, -0.05) is 18.2 Å². The Balaban J connectivity index is 1.60. The van der Waals surface area contributed by atoms with Gasteiger partial charge in [-0.25, -0.2) is 4.79 Å². The molecule has 1 aromatic carbocycles. The molecule has 0 saturated carbocycles. The lowest BCUT2D eigenvalue weighted by molar-refractivity contribution is 0.0498. The van der Waals surface area contributed by atoms with E-state index < -0.39 is 5.60 Å². The number of thioether (sulfide) groups is 2. The average molecular weight is 394 g/mol. The average Bonchev–Trinajstić information content (AvgIpc) is 2.59. The number of aryl methyl sites for hydroxylation is 2. The third-order valence-electron chi connectivity index (χ3n) is 4.78. The molecular formula is C21H31NO2S2. The lowest BCUT2D eigenvalue weighted by atomic mass is 9.86. The van der Waals surface area contributed by atoms with Gasteiger partial charge in [0.2, 0.25) is 0 Å². The maximum atomic E-state index is 12.1. The second-order valence-corrected chi connectivity index (χ2v) is 11.1. The predicted octanol–water partition coefficient (Wildman–Crippen LogP) is 5.72. The van der Waals surface area contributed by atoms with E-state index in [4.69, 9.17) is 4.74 Å². The van der Waals surface area contributed by atoms with E-state index in [1.165, 1.54) is 41.0 Å². The molecule has 1 fully saturated rings. The number of rotatable bonds is 4. The van der Waals surface area contributed by atoms with Crippen molar-refractivity contribution in [1.29, 1.82) is 0 Å². The Morgan fingerprint density at radius 2 is 2.00 bits per heavy atom. The normalized spacial score (nSPS) is 21.1. The molecule has 2 aliphatic rings. The lowest BCUT2D eigenvalue weighted by Crippen LogP contribution is -2.36. The Labute approximate surface area is 166 Å². The summed E-state index contributed by atoms with van der Waals surface area (Å²) in [7, 11) is 0. The van der Waals surface area contributed by atoms with Gasteiger partial charge in [-0.2, -0.15) is 0 Å². The highest BCUT2D eigenvalue weighted by Crippen LogP contribution is 2.35. The molecule has 1 aliphatic carbocycles. The van der Waals surface area contributed by atoms with E-state index in [2.05, 4.69) is 47.0 Å². The molecule has 1 amide bonds. The van der Waals surface area contributed by atoms with Gasteiger partial charge in [-0.15, -0.1) is 23.5 Å². The molecule has 26 heavy (non-hydrogen) atoms. The molecule has 1 N–H and O–H groups in total. The Morgan fingerprint density at radius 3 is 2.73 bits per heavy atom. The van der Waals surface area contributed by atoms with Gasteiger partial charge in [0.15, 0.2) is 0 Å². The Morgan fingerprint density at radius 1 is 1.23 bits per heavy atom. The number of benzene rings is 1. The van der Waals surface area contributed by atoms with Gasteiger partial charge in [-0.05, 0) is 87.5 Å². The maximum Gasteiger partial charge on any atom is 0.408 e. The van der Waals surface area contributed by atoms with Gasteiger partial charge in [-0.3, -0.25) is 0 Å². The summed E-state index contributed by atoms with van der Waals surface area (Å²) in [6.07, 6.45) is 6.67. The second kappa shape index (κ2) is 8.92. The summed E-state index contributed by atoms with van der Waals surface area (Å²) in [4.78, 5) is 12.1. The Hall–Kier alpha value is -0.810. The monoisotopic (exact) mass is 393 g/mol. The number of hydrogen-bond acceptors (Lipinski definition) is 4. The van der Waals surface area contributed by atoms with Crippen molar-refractivity contribution >= 4 is 29.6 Å². The van der Waals surface area contributed by atoms with Gasteiger partial charge in [0.05, 0.1) is 10.6 Å². The third kappa shape index (κ3) is 5.85. The van der Waals surface area contributed by atoms with Crippen molar-refractivity contribution in [2.45, 2.75) is 75.5 Å². The van der Waals surface area contributed by atoms with Crippen LogP contribution in [-0.4, -0.2) is 27.8 Å². The fourth-order valence-corrected chi connectivity index (χ4v) is 6.47. The molecule has 3 rings (SSSR count). The van der Waals surface area contributed by atoms with Crippen molar-refractivity contribution < 1.29 is 9.53 Å². The summed E-state index contributed by atoms with van der Waals surface area (Å²) < 4.78 is 6.20. The summed E-state index contributed by atoms with van der Waals surface area (Å²) in [6.45, 7) is 5.70. The van der Waals surface area contributed by atoms with E-state index in [9.17, 15) is 4.79 Å². The van der Waals surface area contributed by atoms with Crippen LogP contribution in [0.3, 0.4) is 0 Å². The van der Waals surface area contributed by atoms with Gasteiger partial charge >= 0.3 is 6.09 Å². The summed E-state index contributed by atoms with van der Waals surface area (Å²) in [5.74, 6) is 2.64. The molecule has 0 bridgehead atoms. The van der Waals surface area contributed by atoms with Crippen LogP contribution in [0.15, 0.2) is 18.2 Å². The summed E-state index contributed by atoms with van der Waals surface area (Å²) >= 11 is 4.25. The molecule has 5 heteroatoms. The summed E-state index contributed by atoms with van der Waals surface area (Å²) in [5.41, 5.74) is 3.65. The molecule has 1 aromatic rings. The number of nitrogens with one attached hydrogen (secondary N) is 1. The van der Waals surface area contributed by atoms with Crippen LogP contribution in [-0.2, 0) is 17.6 Å². The van der Waals surface area contributed by atoms with Gasteiger partial charge in [0, 0.05) is 0 Å². The quantitative estimate of drug-likeness (QED) is 0.710. The van der Waals surface area contributed by atoms with Crippen LogP contribution >= 0.6 is 23.5 Å². The molecular weight excluding hydrogens is 362 g/mol. The Kier molecular flexibility index (Phi) is 6.84. The van der Waals surface area contributed by atoms with E-state index in [-0.39, 0.29) is 12.1 Å². The van der Waals surface area contributed by atoms with E-state index >= 15 is 0 Å². The second-order valence-electron chi connectivity index (χ2n) is 8.19. The van der Waals surface area contributed by atoms with Gasteiger partial charge in [0.25, 0.3) is 0 Å². The van der Waals surface area contributed by atoms with Crippen LogP contribution in [0.25, 0.3) is 0 Å². The van der Waals surface area contributed by atoms with Gasteiger partial charge in [0.1, 0.15) is 5.60 Å². The lowest BCUT2D eigenvalue weighted by Gasteiger charge is -2.28. The number of hydrogen-bond donors (Lipinski definition) is 1. The fourth-order valence-electron chi connectivity index (χ4n) is 3.61. The van der Waals surface area contributed by atoms with E-state index in [0.29, 0.717) is 0 Å². The van der Waals surface area contributed by atoms with Crippen LogP contribution < -0.4 is 5.32 Å². The van der Waals surface area contributed by atoms with Crippen molar-refractivity contribution in [3.8, 4) is 0 Å². The number of amides is 1. The largest absolute Gasteiger partial charge is 0.444 e. The van der Waals surface area contributed by atoms with Crippen molar-refractivity contribution in [3.05, 3.63) is 34.9 Å². The summed E-state index contributed by atoms with van der Waals surface area (Å²) in [6, 6.07) is 6.93. The van der Waals surface area contributed by atoms with Crippen LogP contribution in [0, 0.1) is 0 Å². The van der Waals surface area contributed by atoms with Crippen molar-refractivity contribution in [1.82, 2.24) is 5.32 Å². The zero-order valence-corrected chi connectivity index (χ0v) is 17.8. The van der Waals surface area contributed by atoms with Crippen molar-refractivity contribution in [2.75, 3.05) is 11.5 Å². The Bertz CT molecular complexity index is 621. The highest BCUT2D eigenvalue weighted by Gasteiger charge is 2.25. The van der Waals surface area contributed by atoms with E-state index in [1.807, 2.05) is 20.8 Å². The highest BCUT2D eigenvalue weighted by atomic mass is 32.2. The first kappa shape index (κ1) is 19.9. The summed E-state index contributed by atoms with van der Waals surface area (Å²) in [5, 5.41) is 3.07. The number of carbonyl (C=O) groups excluding carboxylic acids is 1. The minimum Gasteiger partial charge on any atom is -0.444 e. The molecule has 0 aromatic heterocycles. The first-order chi connectivity index (χ1) is 12.4. The standard InChI is InChI=1S/C21H31NO2S2/c1-21(2,3)24-20(23)22-18-7-4-6-16-14-15(8-10-17(16)18)9-11-19-25-12-5-13-26-19/h8,10,14,18-19H,4-7,9,11-13H2,1-3H3,(H,22,23). The first-order valence-electron chi connectivity index (χ1n) is 9.75. The zero-order valence-electron chi connectivity index (χ0n) is 16.2. The van der Waals surface area contributed by atoms with Crippen LogP contribution in [0.2, 0.25) is 0 Å². The number of carbonyl (C=O) groups is 1. The molecule has 0 radical (unpaired) electrons. The predicted molar refractivity (Wildman–Crippen MR) is 113 cm³/mol. The molecule has 1 saturated heterocycles. The topological polar surface area (TPSA) is 38.3 Å². The van der Waals surface area contributed by atoms with Crippen LogP contribution in [0.5, 0.6) is 0 Å². The number of alkyl carbamates (subject to hydrolysis) is 1. The molecule has 0 spiro atoms. The van der Waals surface area contributed by atoms with Crippen LogP contribution in [0.4, 0.5) is 4.79 Å². The van der Waals surface area contributed by atoms with Gasteiger partial charge < -0.3 is 10.1 Å². The molecule has 3 nitrogen and oxygen atoms in total. The zero-order chi connectivity index (χ0) is 18.6. The highest BCUT2D eigenvalue weighted by molar-refractivity contribution is 8.17. The number of ether oxygens (including phenoxy) is 1. The molecule has 144 valence electrons. The molecule has 1 aliphatic heterocycles. The van der Waals surface area contributed by atoms with Crippen molar-refractivity contribution in [3.63, 3.8) is 0 Å². The molecule has 1 atom stereocenters. The van der Waals surface area contributed by atoms with E-state index in [1.54, 1.807) is 0 Å². The molecule has 1 unspecified atom stereocenters. The van der Waals surface area contributed by atoms with Crippen LogP contribution in [0.1, 0.15) is 69.2 Å². The fraction of sp³-hybridized carbons (Fsp3) is 0.667. The maximum absolute atomic E-state index is 12.1. The minimum absolute atomic E-state index is 0.0760.